The Morgan fingerprint density at radius 1 is 0.862 bits per heavy atom. The van der Waals surface area contributed by atoms with Crippen LogP contribution >= 0.6 is 0 Å². The molecule has 0 aliphatic rings. The average molecular weight is 388 g/mol. The Labute approximate surface area is 168 Å². The second-order valence-corrected chi connectivity index (χ2v) is 6.62. The number of amides is 1. The van der Waals surface area contributed by atoms with E-state index in [4.69, 9.17) is 0 Å². The number of nitrogens with zero attached hydrogens (tertiary/aromatic N) is 1. The van der Waals surface area contributed by atoms with Gasteiger partial charge in [-0.25, -0.2) is 0 Å². The van der Waals surface area contributed by atoms with Crippen molar-refractivity contribution in [2.45, 2.75) is 18.9 Å². The Balaban J connectivity index is 1.79. The van der Waals surface area contributed by atoms with E-state index < -0.39 is 11.0 Å². The van der Waals surface area contributed by atoms with Crippen LogP contribution in [0.5, 0.6) is 0 Å². The van der Waals surface area contributed by atoms with E-state index in [0.717, 1.165) is 5.56 Å². The summed E-state index contributed by atoms with van der Waals surface area (Å²) in [5, 5.41) is 13.8. The molecule has 0 heterocycles. The maximum atomic E-state index is 12.7. The lowest BCUT2D eigenvalue weighted by Gasteiger charge is -2.19. The summed E-state index contributed by atoms with van der Waals surface area (Å²) >= 11 is 0. The van der Waals surface area contributed by atoms with Gasteiger partial charge in [0.05, 0.1) is 17.4 Å². The van der Waals surface area contributed by atoms with Crippen molar-refractivity contribution in [2.24, 2.45) is 0 Å². The zero-order chi connectivity index (χ0) is 20.6. The van der Waals surface area contributed by atoms with Crippen LogP contribution in [0.3, 0.4) is 0 Å². The second kappa shape index (κ2) is 9.41. The van der Waals surface area contributed by atoms with Crippen LogP contribution in [0.4, 0.5) is 5.69 Å². The first-order valence-electron chi connectivity index (χ1n) is 9.19. The first kappa shape index (κ1) is 19.9. The van der Waals surface area contributed by atoms with Crippen molar-refractivity contribution < 1.29 is 14.5 Å². The van der Waals surface area contributed by atoms with E-state index in [1.54, 1.807) is 36.4 Å². The van der Waals surface area contributed by atoms with Gasteiger partial charge in [0.15, 0.2) is 5.78 Å². The molecule has 0 saturated heterocycles. The zero-order valence-corrected chi connectivity index (χ0v) is 15.7. The predicted molar refractivity (Wildman–Crippen MR) is 110 cm³/mol. The number of rotatable bonds is 8. The van der Waals surface area contributed by atoms with Crippen molar-refractivity contribution in [3.63, 3.8) is 0 Å². The van der Waals surface area contributed by atoms with Crippen LogP contribution in [0.25, 0.3) is 0 Å². The van der Waals surface area contributed by atoms with Crippen molar-refractivity contribution in [3.8, 4) is 0 Å². The van der Waals surface area contributed by atoms with Crippen LogP contribution in [0.2, 0.25) is 0 Å². The van der Waals surface area contributed by atoms with E-state index in [-0.39, 0.29) is 30.2 Å². The number of ketones is 1. The summed E-state index contributed by atoms with van der Waals surface area (Å²) < 4.78 is 0. The molecule has 1 amide bonds. The van der Waals surface area contributed by atoms with Gasteiger partial charge in [0.2, 0.25) is 5.91 Å². The Morgan fingerprint density at radius 3 is 2.03 bits per heavy atom. The van der Waals surface area contributed by atoms with Gasteiger partial charge in [0, 0.05) is 24.1 Å². The maximum Gasteiger partial charge on any atom is 0.269 e. The van der Waals surface area contributed by atoms with Gasteiger partial charge < -0.3 is 5.32 Å². The summed E-state index contributed by atoms with van der Waals surface area (Å²) in [6.45, 7) is 0. The molecule has 6 heteroatoms. The molecule has 0 radical (unpaired) electrons. The number of hydrogen-bond donors (Lipinski definition) is 1. The van der Waals surface area contributed by atoms with Crippen molar-refractivity contribution in [1.82, 2.24) is 5.32 Å². The Kier molecular flexibility index (Phi) is 6.47. The highest BCUT2D eigenvalue weighted by atomic mass is 16.6. The van der Waals surface area contributed by atoms with Crippen LogP contribution in [-0.2, 0) is 11.2 Å². The van der Waals surface area contributed by atoms with Gasteiger partial charge in [0.25, 0.3) is 5.69 Å². The van der Waals surface area contributed by atoms with E-state index in [1.165, 1.54) is 12.1 Å². The molecule has 0 aliphatic heterocycles. The number of nitro benzene ring substituents is 1. The smallest absolute Gasteiger partial charge is 0.269 e. The summed E-state index contributed by atoms with van der Waals surface area (Å²) in [6.07, 6.45) is 0.242. The van der Waals surface area contributed by atoms with E-state index in [2.05, 4.69) is 5.32 Å². The Morgan fingerprint density at radius 2 is 1.45 bits per heavy atom. The number of Topliss-reactive ketones (excluding diaryl/α,β-unsaturated/α-hetero) is 1. The molecule has 6 nitrogen and oxygen atoms in total. The summed E-state index contributed by atoms with van der Waals surface area (Å²) in [4.78, 5) is 35.7. The highest BCUT2D eigenvalue weighted by Gasteiger charge is 2.20. The van der Waals surface area contributed by atoms with Gasteiger partial charge in [-0.15, -0.1) is 0 Å². The summed E-state index contributed by atoms with van der Waals surface area (Å²) in [7, 11) is 0. The fraction of sp³-hybridized carbons (Fsp3) is 0.130. The average Bonchev–Trinajstić information content (AvgIpc) is 2.74. The standard InChI is InChI=1S/C23H20N2O4/c26-22(19-9-5-2-6-10-19)16-21(18-11-13-20(14-12-18)25(28)29)24-23(27)15-17-7-3-1-4-8-17/h1-14,21H,15-16H2,(H,24,27). The minimum atomic E-state index is -0.584. The van der Waals surface area contributed by atoms with Crippen LogP contribution in [0, 0.1) is 10.1 Å². The zero-order valence-electron chi connectivity index (χ0n) is 15.7. The van der Waals surface area contributed by atoms with Crippen molar-refractivity contribution >= 4 is 17.4 Å². The lowest BCUT2D eigenvalue weighted by molar-refractivity contribution is -0.384. The second-order valence-electron chi connectivity index (χ2n) is 6.62. The Hall–Kier alpha value is -3.80. The number of carbonyl (C=O) groups excluding carboxylic acids is 2. The van der Waals surface area contributed by atoms with Gasteiger partial charge in [-0.3, -0.25) is 19.7 Å². The van der Waals surface area contributed by atoms with Gasteiger partial charge in [-0.05, 0) is 11.1 Å². The van der Waals surface area contributed by atoms with Crippen LogP contribution in [0.15, 0.2) is 84.9 Å². The van der Waals surface area contributed by atoms with E-state index >= 15 is 0 Å². The molecule has 0 spiro atoms. The fourth-order valence-electron chi connectivity index (χ4n) is 3.03. The van der Waals surface area contributed by atoms with Crippen LogP contribution in [0.1, 0.15) is 33.9 Å². The first-order chi connectivity index (χ1) is 14.0. The lowest BCUT2D eigenvalue weighted by Crippen LogP contribution is -2.31. The molecule has 0 aliphatic carbocycles. The normalized spacial score (nSPS) is 11.4. The Bertz CT molecular complexity index is 986. The molecule has 3 aromatic carbocycles. The minimum absolute atomic E-state index is 0.0440. The van der Waals surface area contributed by atoms with Crippen LogP contribution in [-0.4, -0.2) is 16.6 Å². The summed E-state index contributed by atoms with van der Waals surface area (Å²) in [5.41, 5.74) is 2.01. The van der Waals surface area contributed by atoms with E-state index in [9.17, 15) is 19.7 Å². The summed E-state index contributed by atoms with van der Waals surface area (Å²) in [5.74, 6) is -0.339. The van der Waals surface area contributed by atoms with Gasteiger partial charge in [-0.2, -0.15) is 0 Å². The fourth-order valence-corrected chi connectivity index (χ4v) is 3.03. The molecule has 3 aromatic rings. The molecular weight excluding hydrogens is 368 g/mol. The molecule has 0 fully saturated rings. The SMILES string of the molecule is O=C(Cc1ccccc1)NC(CC(=O)c1ccccc1)c1ccc([N+](=O)[O-])cc1. The highest BCUT2D eigenvalue weighted by Crippen LogP contribution is 2.22. The highest BCUT2D eigenvalue weighted by molar-refractivity contribution is 5.96. The van der Waals surface area contributed by atoms with Crippen molar-refractivity contribution in [3.05, 3.63) is 112 Å². The number of nitro groups is 1. The molecule has 0 saturated carbocycles. The molecule has 1 atom stereocenters. The third-order valence-corrected chi connectivity index (χ3v) is 4.53. The third kappa shape index (κ3) is 5.59. The maximum absolute atomic E-state index is 12.7. The number of hydrogen-bond acceptors (Lipinski definition) is 4. The van der Waals surface area contributed by atoms with E-state index in [1.807, 2.05) is 36.4 Å². The molecular formula is C23H20N2O4. The minimum Gasteiger partial charge on any atom is -0.349 e. The molecule has 3 rings (SSSR count). The quantitative estimate of drug-likeness (QED) is 0.355. The van der Waals surface area contributed by atoms with Crippen molar-refractivity contribution in [2.75, 3.05) is 0 Å². The van der Waals surface area contributed by atoms with Crippen LogP contribution < -0.4 is 5.32 Å². The summed E-state index contributed by atoms with van der Waals surface area (Å²) in [6, 6.07) is 23.4. The number of non-ortho nitro benzene ring substituents is 1. The molecule has 0 bridgehead atoms. The van der Waals surface area contributed by atoms with Gasteiger partial charge in [-0.1, -0.05) is 72.8 Å². The van der Waals surface area contributed by atoms with E-state index in [0.29, 0.717) is 11.1 Å². The first-order valence-corrected chi connectivity index (χ1v) is 9.19. The number of carbonyl (C=O) groups is 2. The molecule has 146 valence electrons. The van der Waals surface area contributed by atoms with Gasteiger partial charge in [0.1, 0.15) is 0 Å². The largest absolute Gasteiger partial charge is 0.349 e. The number of benzene rings is 3. The molecule has 1 N–H and O–H groups in total. The van der Waals surface area contributed by atoms with Gasteiger partial charge >= 0.3 is 0 Å². The molecule has 0 aromatic heterocycles. The lowest BCUT2D eigenvalue weighted by atomic mass is 9.97. The number of nitrogens with one attached hydrogen (secondary N) is 1. The predicted octanol–water partition coefficient (Wildman–Crippen LogP) is 4.27. The molecule has 29 heavy (non-hydrogen) atoms. The topological polar surface area (TPSA) is 89.3 Å². The van der Waals surface area contributed by atoms with Crippen molar-refractivity contribution in [1.29, 1.82) is 0 Å². The monoisotopic (exact) mass is 388 g/mol. The molecule has 1 unspecified atom stereocenters. The third-order valence-electron chi connectivity index (χ3n) is 4.53.